The Morgan fingerprint density at radius 3 is 2.03 bits per heavy atom. The maximum atomic E-state index is 14.0. The molecule has 0 saturated carbocycles. The minimum Gasteiger partial charge on any atom is -0.354 e. The molecule has 3 aromatic rings. The van der Waals surface area contributed by atoms with Crippen molar-refractivity contribution in [2.75, 3.05) is 23.7 Å². The van der Waals surface area contributed by atoms with E-state index in [4.69, 9.17) is 23.2 Å². The van der Waals surface area contributed by atoms with Gasteiger partial charge >= 0.3 is 0 Å². The van der Waals surface area contributed by atoms with Gasteiger partial charge in [0.1, 0.15) is 12.6 Å². The molecule has 2 amide bonds. The Morgan fingerprint density at radius 2 is 1.49 bits per heavy atom. The number of nitrogens with one attached hydrogen (secondary N) is 1. The van der Waals surface area contributed by atoms with Gasteiger partial charge < -0.3 is 10.2 Å². The summed E-state index contributed by atoms with van der Waals surface area (Å²) in [5.41, 5.74) is 1.80. The summed E-state index contributed by atoms with van der Waals surface area (Å²) in [6, 6.07) is 22.2. The predicted molar refractivity (Wildman–Crippen MR) is 157 cm³/mol. The second-order valence-electron chi connectivity index (χ2n) is 9.72. The molecule has 0 radical (unpaired) electrons. The molecule has 0 spiro atoms. The highest BCUT2D eigenvalue weighted by Gasteiger charge is 2.33. The van der Waals surface area contributed by atoms with Crippen molar-refractivity contribution >= 4 is 50.7 Å². The summed E-state index contributed by atoms with van der Waals surface area (Å²) >= 11 is 12.4. The van der Waals surface area contributed by atoms with Gasteiger partial charge in [-0.25, -0.2) is 8.42 Å². The number of sulfonamides is 1. The van der Waals surface area contributed by atoms with Gasteiger partial charge in [0, 0.05) is 24.5 Å². The molecular formula is C29H33Cl2N3O4S. The maximum absolute atomic E-state index is 14.0. The van der Waals surface area contributed by atoms with Crippen molar-refractivity contribution in [2.45, 2.75) is 32.9 Å². The van der Waals surface area contributed by atoms with Crippen molar-refractivity contribution in [1.29, 1.82) is 0 Å². The number of benzene rings is 3. The van der Waals surface area contributed by atoms with Crippen LogP contribution >= 0.6 is 23.2 Å². The van der Waals surface area contributed by atoms with Crippen LogP contribution in [0.4, 0.5) is 5.69 Å². The van der Waals surface area contributed by atoms with Gasteiger partial charge in [-0.05, 0) is 35.2 Å². The first kappa shape index (κ1) is 30.5. The molecule has 208 valence electrons. The van der Waals surface area contributed by atoms with Crippen LogP contribution < -0.4 is 9.62 Å². The molecule has 0 fully saturated rings. The molecule has 0 saturated heterocycles. The summed E-state index contributed by atoms with van der Waals surface area (Å²) in [5, 5.41) is 3.37. The summed E-state index contributed by atoms with van der Waals surface area (Å²) < 4.78 is 26.6. The van der Waals surface area contributed by atoms with Gasteiger partial charge in [0.15, 0.2) is 0 Å². The van der Waals surface area contributed by atoms with E-state index >= 15 is 0 Å². The summed E-state index contributed by atoms with van der Waals surface area (Å²) in [6.45, 7) is 3.97. The Bertz CT molecular complexity index is 1370. The molecular weight excluding hydrogens is 557 g/mol. The summed E-state index contributed by atoms with van der Waals surface area (Å²) in [7, 11) is -3.92. The van der Waals surface area contributed by atoms with Gasteiger partial charge in [-0.15, -0.1) is 0 Å². The van der Waals surface area contributed by atoms with Crippen molar-refractivity contribution in [3.8, 4) is 0 Å². The quantitative estimate of drug-likeness (QED) is 0.315. The molecule has 1 N–H and O–H groups in total. The number of carbonyl (C=O) groups excluding carboxylic acids is 2. The van der Waals surface area contributed by atoms with Crippen LogP contribution in [0.25, 0.3) is 0 Å². The summed E-state index contributed by atoms with van der Waals surface area (Å²) in [6.07, 6.45) is 1.26. The number of carbonyl (C=O) groups is 2. The lowest BCUT2D eigenvalue weighted by atomic mass is 10.0. The Labute approximate surface area is 240 Å². The number of hydrogen-bond acceptors (Lipinski definition) is 4. The molecule has 0 heterocycles. The van der Waals surface area contributed by atoms with E-state index in [0.29, 0.717) is 11.6 Å². The minimum atomic E-state index is -3.92. The van der Waals surface area contributed by atoms with Crippen molar-refractivity contribution in [3.63, 3.8) is 0 Å². The van der Waals surface area contributed by atoms with Crippen LogP contribution in [-0.4, -0.2) is 50.5 Å². The van der Waals surface area contributed by atoms with E-state index in [2.05, 4.69) is 5.32 Å². The Hall–Kier alpha value is -3.07. The molecule has 0 bridgehead atoms. The molecule has 0 aromatic heterocycles. The number of amides is 2. The van der Waals surface area contributed by atoms with Crippen LogP contribution in [0, 0.1) is 5.92 Å². The lowest BCUT2D eigenvalue weighted by Gasteiger charge is -2.33. The second kappa shape index (κ2) is 13.8. The molecule has 3 rings (SSSR count). The molecule has 0 aliphatic heterocycles. The molecule has 10 heteroatoms. The smallest absolute Gasteiger partial charge is 0.244 e. The molecule has 3 aromatic carbocycles. The van der Waals surface area contributed by atoms with Gasteiger partial charge in [0.2, 0.25) is 21.8 Å². The number of hydrogen-bond donors (Lipinski definition) is 1. The predicted octanol–water partition coefficient (Wildman–Crippen LogP) is 5.17. The number of anilines is 1. The molecule has 1 atom stereocenters. The highest BCUT2D eigenvalue weighted by atomic mass is 35.5. The van der Waals surface area contributed by atoms with Crippen LogP contribution in [0.2, 0.25) is 10.0 Å². The van der Waals surface area contributed by atoms with E-state index in [0.717, 1.165) is 21.7 Å². The molecule has 0 aliphatic carbocycles. The fourth-order valence-corrected chi connectivity index (χ4v) is 5.46. The SMILES string of the molecule is CC(C)CNC(=O)[C@@H](Cc1ccccc1)N(Cc1ccccc1)C(=O)CN(c1ccc(Cl)cc1Cl)S(C)(=O)=O. The zero-order chi connectivity index (χ0) is 28.6. The van der Waals surface area contributed by atoms with Crippen LogP contribution in [0.3, 0.4) is 0 Å². The van der Waals surface area contributed by atoms with E-state index in [9.17, 15) is 18.0 Å². The number of nitrogens with zero attached hydrogens (tertiary/aromatic N) is 2. The third-order valence-corrected chi connectivity index (χ3v) is 7.67. The van der Waals surface area contributed by atoms with Gasteiger partial charge in [-0.1, -0.05) is 97.7 Å². The molecule has 7 nitrogen and oxygen atoms in total. The van der Waals surface area contributed by atoms with E-state index in [1.54, 1.807) is 0 Å². The van der Waals surface area contributed by atoms with E-state index in [-0.39, 0.29) is 35.5 Å². The third kappa shape index (κ3) is 8.98. The normalized spacial score (nSPS) is 12.2. The van der Waals surface area contributed by atoms with E-state index in [1.807, 2.05) is 74.5 Å². The Morgan fingerprint density at radius 1 is 0.897 bits per heavy atom. The van der Waals surface area contributed by atoms with Crippen LogP contribution in [0.5, 0.6) is 0 Å². The van der Waals surface area contributed by atoms with Gasteiger partial charge in [-0.3, -0.25) is 13.9 Å². The van der Waals surface area contributed by atoms with Crippen LogP contribution in [0.1, 0.15) is 25.0 Å². The molecule has 0 aliphatic rings. The van der Waals surface area contributed by atoms with Crippen molar-refractivity contribution in [1.82, 2.24) is 10.2 Å². The average Bonchev–Trinajstić information content (AvgIpc) is 2.88. The lowest BCUT2D eigenvalue weighted by Crippen LogP contribution is -2.53. The van der Waals surface area contributed by atoms with Crippen molar-refractivity contribution < 1.29 is 18.0 Å². The van der Waals surface area contributed by atoms with Gasteiger partial charge in [-0.2, -0.15) is 0 Å². The first-order valence-electron chi connectivity index (χ1n) is 12.5. The zero-order valence-corrected chi connectivity index (χ0v) is 24.5. The lowest BCUT2D eigenvalue weighted by molar-refractivity contribution is -0.140. The van der Waals surface area contributed by atoms with Crippen LogP contribution in [-0.2, 0) is 32.6 Å². The Kier molecular flexibility index (Phi) is 10.8. The molecule has 0 unspecified atom stereocenters. The zero-order valence-electron chi connectivity index (χ0n) is 22.2. The standard InChI is InChI=1S/C29H33Cl2N3O4S/c1-21(2)18-32-29(36)27(16-22-10-6-4-7-11-22)33(19-23-12-8-5-9-13-23)28(35)20-34(39(3,37)38)26-15-14-24(30)17-25(26)31/h4-15,17,21,27H,16,18-20H2,1-3H3,(H,32,36)/t27-/m1/s1. The van der Waals surface area contributed by atoms with Crippen molar-refractivity contribution in [2.24, 2.45) is 5.92 Å². The van der Waals surface area contributed by atoms with E-state index < -0.39 is 28.5 Å². The largest absolute Gasteiger partial charge is 0.354 e. The monoisotopic (exact) mass is 589 g/mol. The van der Waals surface area contributed by atoms with E-state index in [1.165, 1.54) is 23.1 Å². The minimum absolute atomic E-state index is 0.0887. The van der Waals surface area contributed by atoms with Gasteiger partial charge in [0.05, 0.1) is 17.0 Å². The highest BCUT2D eigenvalue weighted by Crippen LogP contribution is 2.30. The first-order chi connectivity index (χ1) is 18.5. The Balaban J connectivity index is 2.04. The van der Waals surface area contributed by atoms with Crippen molar-refractivity contribution in [3.05, 3.63) is 100 Å². The number of rotatable bonds is 12. The number of halogens is 2. The topological polar surface area (TPSA) is 86.8 Å². The average molecular weight is 591 g/mol. The fraction of sp³-hybridized carbons (Fsp3) is 0.310. The highest BCUT2D eigenvalue weighted by molar-refractivity contribution is 7.92. The maximum Gasteiger partial charge on any atom is 0.244 e. The molecule has 39 heavy (non-hydrogen) atoms. The fourth-order valence-electron chi connectivity index (χ4n) is 4.03. The first-order valence-corrected chi connectivity index (χ1v) is 15.1. The summed E-state index contributed by atoms with van der Waals surface area (Å²) in [5.74, 6) is -0.652. The van der Waals surface area contributed by atoms with Gasteiger partial charge in [0.25, 0.3) is 0 Å². The second-order valence-corrected chi connectivity index (χ2v) is 12.5. The van der Waals surface area contributed by atoms with Crippen LogP contribution in [0.15, 0.2) is 78.9 Å². The third-order valence-electron chi connectivity index (χ3n) is 6.01. The summed E-state index contributed by atoms with van der Waals surface area (Å²) in [4.78, 5) is 29.0.